The van der Waals surface area contributed by atoms with Crippen LogP contribution in [0.4, 0.5) is 0 Å². The van der Waals surface area contributed by atoms with Gasteiger partial charge in [-0.05, 0) is 37.5 Å². The Balaban J connectivity index is 2.51. The molecule has 19 heavy (non-hydrogen) atoms. The van der Waals surface area contributed by atoms with Crippen molar-refractivity contribution in [1.82, 2.24) is 4.90 Å². The van der Waals surface area contributed by atoms with Gasteiger partial charge in [0.05, 0.1) is 6.54 Å². The molecule has 1 atom stereocenters. The zero-order chi connectivity index (χ0) is 14.3. The fourth-order valence-corrected chi connectivity index (χ4v) is 1.96. The molecule has 0 aliphatic rings. The first-order valence-corrected chi connectivity index (χ1v) is 6.37. The van der Waals surface area contributed by atoms with Crippen LogP contribution in [0.2, 0.25) is 0 Å². The molecule has 0 heterocycles. The van der Waals surface area contributed by atoms with Gasteiger partial charge in [0, 0.05) is 12.6 Å². The number of carboxylic acids is 1. The number of nitrogens with zero attached hydrogens (tertiary/aromatic N) is 1. The predicted molar refractivity (Wildman–Crippen MR) is 75.3 cm³/mol. The SMILES string of the molecule is C=CCN(CC(=O)O)C(C)CCc1ccc(O)cc1. The number of phenolic OH excluding ortho intramolecular Hbond substituents is 1. The molecule has 0 saturated heterocycles. The second kappa shape index (κ2) is 7.59. The minimum Gasteiger partial charge on any atom is -0.508 e. The van der Waals surface area contributed by atoms with Gasteiger partial charge in [0.2, 0.25) is 0 Å². The number of aliphatic carboxylic acids is 1. The fraction of sp³-hybridized carbons (Fsp3) is 0.400. The molecule has 2 N–H and O–H groups in total. The Bertz CT molecular complexity index is 414. The second-order valence-electron chi connectivity index (χ2n) is 4.67. The van der Waals surface area contributed by atoms with Crippen LogP contribution < -0.4 is 0 Å². The Labute approximate surface area is 114 Å². The van der Waals surface area contributed by atoms with Crippen molar-refractivity contribution in [3.05, 3.63) is 42.5 Å². The number of aryl methyl sites for hydroxylation is 1. The van der Waals surface area contributed by atoms with Crippen molar-refractivity contribution in [1.29, 1.82) is 0 Å². The zero-order valence-electron chi connectivity index (χ0n) is 11.2. The smallest absolute Gasteiger partial charge is 0.317 e. The number of hydrogen-bond donors (Lipinski definition) is 2. The Morgan fingerprint density at radius 1 is 1.42 bits per heavy atom. The van der Waals surface area contributed by atoms with Crippen LogP contribution in [0.3, 0.4) is 0 Å². The first-order valence-electron chi connectivity index (χ1n) is 6.37. The van der Waals surface area contributed by atoms with Crippen molar-refractivity contribution in [3.8, 4) is 5.75 Å². The molecule has 0 radical (unpaired) electrons. The molecule has 1 rings (SSSR count). The molecule has 1 aromatic carbocycles. The van der Waals surface area contributed by atoms with E-state index in [1.807, 2.05) is 24.0 Å². The van der Waals surface area contributed by atoms with E-state index in [2.05, 4.69) is 6.58 Å². The fourth-order valence-electron chi connectivity index (χ4n) is 1.96. The molecule has 0 bridgehead atoms. The quantitative estimate of drug-likeness (QED) is 0.706. The molecule has 4 heteroatoms. The van der Waals surface area contributed by atoms with Gasteiger partial charge in [-0.1, -0.05) is 18.2 Å². The van der Waals surface area contributed by atoms with E-state index in [4.69, 9.17) is 5.11 Å². The Hall–Kier alpha value is -1.81. The minimum absolute atomic E-state index is 0.0305. The maximum absolute atomic E-state index is 10.8. The molecule has 0 aromatic heterocycles. The molecular formula is C15H21NO3. The lowest BCUT2D eigenvalue weighted by atomic mass is 10.0. The van der Waals surface area contributed by atoms with E-state index in [1.165, 1.54) is 0 Å². The van der Waals surface area contributed by atoms with Gasteiger partial charge in [-0.15, -0.1) is 6.58 Å². The molecule has 0 aliphatic carbocycles. The maximum Gasteiger partial charge on any atom is 0.317 e. The topological polar surface area (TPSA) is 60.8 Å². The van der Waals surface area contributed by atoms with Crippen LogP contribution in [0, 0.1) is 0 Å². The normalized spacial score (nSPS) is 12.3. The molecule has 0 spiro atoms. The van der Waals surface area contributed by atoms with Gasteiger partial charge in [-0.2, -0.15) is 0 Å². The average Bonchev–Trinajstić information content (AvgIpc) is 2.37. The van der Waals surface area contributed by atoms with E-state index in [9.17, 15) is 9.90 Å². The first kappa shape index (κ1) is 15.2. The summed E-state index contributed by atoms with van der Waals surface area (Å²) in [5, 5.41) is 18.1. The summed E-state index contributed by atoms with van der Waals surface area (Å²) < 4.78 is 0. The lowest BCUT2D eigenvalue weighted by molar-refractivity contribution is -0.138. The van der Waals surface area contributed by atoms with Crippen LogP contribution in [0.5, 0.6) is 5.75 Å². The second-order valence-corrected chi connectivity index (χ2v) is 4.67. The van der Waals surface area contributed by atoms with Crippen LogP contribution in [-0.4, -0.2) is 40.2 Å². The highest BCUT2D eigenvalue weighted by molar-refractivity contribution is 5.69. The summed E-state index contributed by atoms with van der Waals surface area (Å²) in [6.45, 7) is 6.28. The van der Waals surface area contributed by atoms with Crippen LogP contribution in [0.15, 0.2) is 36.9 Å². The van der Waals surface area contributed by atoms with Crippen LogP contribution in [0.25, 0.3) is 0 Å². The highest BCUT2D eigenvalue weighted by Gasteiger charge is 2.15. The molecule has 1 unspecified atom stereocenters. The van der Waals surface area contributed by atoms with Gasteiger partial charge in [0.25, 0.3) is 0 Å². The van der Waals surface area contributed by atoms with E-state index in [-0.39, 0.29) is 18.3 Å². The Kier molecular flexibility index (Phi) is 6.09. The molecular weight excluding hydrogens is 242 g/mol. The van der Waals surface area contributed by atoms with Crippen molar-refractivity contribution in [2.45, 2.75) is 25.8 Å². The summed E-state index contributed by atoms with van der Waals surface area (Å²) in [5.74, 6) is -0.561. The van der Waals surface area contributed by atoms with Gasteiger partial charge in [-0.3, -0.25) is 9.69 Å². The third kappa shape index (κ3) is 5.57. The average molecular weight is 263 g/mol. The largest absolute Gasteiger partial charge is 0.508 e. The molecule has 0 fully saturated rings. The molecule has 104 valence electrons. The standard InChI is InChI=1S/C15H21NO3/c1-3-10-16(11-15(18)19)12(2)4-5-13-6-8-14(17)9-7-13/h3,6-9,12,17H,1,4-5,10-11H2,2H3,(H,18,19). The van der Waals surface area contributed by atoms with Crippen molar-refractivity contribution in [3.63, 3.8) is 0 Å². The Morgan fingerprint density at radius 3 is 2.58 bits per heavy atom. The number of phenols is 1. The number of benzene rings is 1. The van der Waals surface area contributed by atoms with Gasteiger partial charge in [0.15, 0.2) is 0 Å². The summed E-state index contributed by atoms with van der Waals surface area (Å²) in [4.78, 5) is 12.7. The number of rotatable bonds is 8. The predicted octanol–water partition coefficient (Wildman–Crippen LogP) is 2.29. The summed E-state index contributed by atoms with van der Waals surface area (Å²) >= 11 is 0. The van der Waals surface area contributed by atoms with Crippen LogP contribution >= 0.6 is 0 Å². The summed E-state index contributed by atoms with van der Waals surface area (Å²) in [7, 11) is 0. The zero-order valence-corrected chi connectivity index (χ0v) is 11.2. The van der Waals surface area contributed by atoms with E-state index in [0.29, 0.717) is 6.54 Å². The van der Waals surface area contributed by atoms with E-state index in [1.54, 1.807) is 18.2 Å². The molecule has 0 saturated carbocycles. The minimum atomic E-state index is -0.821. The van der Waals surface area contributed by atoms with Crippen molar-refractivity contribution < 1.29 is 15.0 Å². The summed E-state index contributed by atoms with van der Waals surface area (Å²) in [6, 6.07) is 7.27. The number of aromatic hydroxyl groups is 1. The summed E-state index contributed by atoms with van der Waals surface area (Å²) in [5.41, 5.74) is 1.14. The van der Waals surface area contributed by atoms with Gasteiger partial charge in [0.1, 0.15) is 5.75 Å². The number of hydrogen-bond acceptors (Lipinski definition) is 3. The van der Waals surface area contributed by atoms with Crippen molar-refractivity contribution >= 4 is 5.97 Å². The molecule has 1 aromatic rings. The van der Waals surface area contributed by atoms with Crippen molar-refractivity contribution in [2.75, 3.05) is 13.1 Å². The highest BCUT2D eigenvalue weighted by atomic mass is 16.4. The van der Waals surface area contributed by atoms with Crippen molar-refractivity contribution in [2.24, 2.45) is 0 Å². The monoisotopic (exact) mass is 263 g/mol. The Morgan fingerprint density at radius 2 is 2.05 bits per heavy atom. The third-order valence-corrected chi connectivity index (χ3v) is 3.11. The number of carboxylic acid groups (broad SMARTS) is 1. The lowest BCUT2D eigenvalue weighted by Crippen LogP contribution is -2.37. The van der Waals surface area contributed by atoms with E-state index >= 15 is 0 Å². The summed E-state index contributed by atoms with van der Waals surface area (Å²) in [6.07, 6.45) is 3.45. The maximum atomic E-state index is 10.8. The number of carbonyl (C=O) groups is 1. The van der Waals surface area contributed by atoms with Gasteiger partial charge in [-0.25, -0.2) is 0 Å². The van der Waals surface area contributed by atoms with E-state index in [0.717, 1.165) is 18.4 Å². The van der Waals surface area contributed by atoms with Gasteiger partial charge < -0.3 is 10.2 Å². The highest BCUT2D eigenvalue weighted by Crippen LogP contribution is 2.13. The third-order valence-electron chi connectivity index (χ3n) is 3.11. The first-order chi connectivity index (χ1) is 9.02. The lowest BCUT2D eigenvalue weighted by Gasteiger charge is -2.26. The van der Waals surface area contributed by atoms with E-state index < -0.39 is 5.97 Å². The molecule has 0 aliphatic heterocycles. The molecule has 0 amide bonds. The molecule has 4 nitrogen and oxygen atoms in total. The van der Waals surface area contributed by atoms with Crippen LogP contribution in [-0.2, 0) is 11.2 Å². The van der Waals surface area contributed by atoms with Crippen LogP contribution in [0.1, 0.15) is 18.9 Å². The van der Waals surface area contributed by atoms with Gasteiger partial charge >= 0.3 is 5.97 Å².